The van der Waals surface area contributed by atoms with Crippen LogP contribution >= 0.6 is 23.2 Å². The lowest BCUT2D eigenvalue weighted by Gasteiger charge is -1.96. The molecule has 0 amide bonds. The van der Waals surface area contributed by atoms with Crippen LogP contribution in [0.25, 0.3) is 0 Å². The van der Waals surface area contributed by atoms with Crippen molar-refractivity contribution in [2.24, 2.45) is 0 Å². The van der Waals surface area contributed by atoms with Gasteiger partial charge in [0.05, 0.1) is 10.0 Å². The molecule has 5 heteroatoms. The number of nitrogens with two attached hydrogens (primary N) is 1. The molecule has 2 nitrogen and oxygen atoms in total. The van der Waals surface area contributed by atoms with E-state index in [2.05, 4.69) is 4.98 Å². The minimum atomic E-state index is -0.802. The highest BCUT2D eigenvalue weighted by Gasteiger charge is 2.04. The first kappa shape index (κ1) is 7.57. The van der Waals surface area contributed by atoms with Gasteiger partial charge in [-0.25, -0.2) is 0 Å². The molecule has 0 unspecified atom stereocenters. The first-order chi connectivity index (χ1) is 4.61. The molecule has 1 aromatic rings. The third-order valence-corrected chi connectivity index (χ3v) is 1.48. The second-order valence-electron chi connectivity index (χ2n) is 1.63. The number of hydrogen-bond acceptors (Lipinski definition) is 2. The van der Waals surface area contributed by atoms with Crippen molar-refractivity contribution in [3.63, 3.8) is 0 Å². The first-order valence-corrected chi connectivity index (χ1v) is 3.14. The minimum absolute atomic E-state index is 0.0523. The summed E-state index contributed by atoms with van der Waals surface area (Å²) in [7, 11) is 0. The average molecular weight is 181 g/mol. The summed E-state index contributed by atoms with van der Waals surface area (Å²) in [6, 6.07) is 1.21. The number of nitrogen functional groups attached to an aromatic ring is 1. The van der Waals surface area contributed by atoms with Crippen LogP contribution < -0.4 is 5.73 Å². The van der Waals surface area contributed by atoms with E-state index in [9.17, 15) is 4.39 Å². The molecule has 0 aliphatic carbocycles. The average Bonchev–Trinajstić information content (AvgIpc) is 1.84. The van der Waals surface area contributed by atoms with Crippen molar-refractivity contribution in [2.75, 3.05) is 5.73 Å². The number of rotatable bonds is 0. The fourth-order valence-electron chi connectivity index (χ4n) is 0.457. The van der Waals surface area contributed by atoms with Crippen LogP contribution in [-0.4, -0.2) is 4.98 Å². The van der Waals surface area contributed by atoms with Crippen LogP contribution in [-0.2, 0) is 0 Å². The van der Waals surface area contributed by atoms with Gasteiger partial charge in [-0.05, 0) is 6.07 Å². The van der Waals surface area contributed by atoms with E-state index >= 15 is 0 Å². The molecule has 0 spiro atoms. The van der Waals surface area contributed by atoms with Gasteiger partial charge < -0.3 is 5.73 Å². The zero-order chi connectivity index (χ0) is 7.72. The predicted molar refractivity (Wildman–Crippen MR) is 38.6 cm³/mol. The largest absolute Gasteiger partial charge is 0.382 e. The predicted octanol–water partition coefficient (Wildman–Crippen LogP) is 2.11. The Kier molecular flexibility index (Phi) is 1.97. The van der Waals surface area contributed by atoms with Crippen molar-refractivity contribution in [3.05, 3.63) is 22.1 Å². The fraction of sp³-hybridized carbons (Fsp3) is 0. The highest BCUT2D eigenvalue weighted by Crippen LogP contribution is 2.22. The van der Waals surface area contributed by atoms with Crippen molar-refractivity contribution >= 4 is 29.0 Å². The molecular formula is C5H3Cl2FN2. The molecule has 0 saturated carbocycles. The molecule has 0 radical (unpaired) electrons. The van der Waals surface area contributed by atoms with Crippen LogP contribution in [0.5, 0.6) is 0 Å². The summed E-state index contributed by atoms with van der Waals surface area (Å²) in [6.07, 6.45) is 0. The lowest BCUT2D eigenvalue weighted by atomic mass is 10.4. The maximum atomic E-state index is 12.4. The Balaban J connectivity index is 3.28. The minimum Gasteiger partial charge on any atom is -0.382 e. The first-order valence-electron chi connectivity index (χ1n) is 2.38. The van der Waals surface area contributed by atoms with Crippen molar-refractivity contribution in [1.82, 2.24) is 4.98 Å². The van der Waals surface area contributed by atoms with Gasteiger partial charge in [0.2, 0.25) is 5.95 Å². The van der Waals surface area contributed by atoms with E-state index in [1.165, 1.54) is 6.07 Å². The Morgan fingerprint density at radius 3 is 2.50 bits per heavy atom. The number of nitrogens with zero attached hydrogens (tertiary/aromatic N) is 1. The summed E-state index contributed by atoms with van der Waals surface area (Å²) in [5.41, 5.74) is 5.15. The highest BCUT2D eigenvalue weighted by molar-refractivity contribution is 6.35. The van der Waals surface area contributed by atoms with Crippen LogP contribution in [0.1, 0.15) is 0 Å². The van der Waals surface area contributed by atoms with E-state index in [1.54, 1.807) is 0 Å². The second-order valence-corrected chi connectivity index (χ2v) is 2.44. The molecule has 2 N–H and O–H groups in total. The molecule has 0 saturated heterocycles. The Morgan fingerprint density at radius 1 is 1.40 bits per heavy atom. The quantitative estimate of drug-likeness (QED) is 0.622. The zero-order valence-corrected chi connectivity index (χ0v) is 6.25. The number of halogens is 3. The third-order valence-electron chi connectivity index (χ3n) is 0.914. The monoisotopic (exact) mass is 180 g/mol. The molecule has 0 fully saturated rings. The standard InChI is InChI=1S/C5H3Cl2FN2/c6-2-1-3(7)5(9)10-4(2)8/h1H,(H2,9,10). The van der Waals surface area contributed by atoms with Gasteiger partial charge in [0, 0.05) is 0 Å². The normalized spacial score (nSPS) is 9.90. The molecule has 1 aromatic heterocycles. The van der Waals surface area contributed by atoms with E-state index < -0.39 is 5.95 Å². The summed E-state index contributed by atoms with van der Waals surface area (Å²) in [5.74, 6) is -0.855. The Morgan fingerprint density at radius 2 is 2.00 bits per heavy atom. The van der Waals surface area contributed by atoms with Crippen LogP contribution in [0, 0.1) is 5.95 Å². The Hall–Kier alpha value is -0.540. The molecular weight excluding hydrogens is 178 g/mol. The van der Waals surface area contributed by atoms with E-state index in [0.29, 0.717) is 0 Å². The van der Waals surface area contributed by atoms with Gasteiger partial charge in [0.25, 0.3) is 0 Å². The van der Waals surface area contributed by atoms with E-state index in [-0.39, 0.29) is 15.9 Å². The molecule has 1 rings (SSSR count). The number of pyridine rings is 1. The second kappa shape index (κ2) is 2.60. The molecule has 1 heterocycles. The summed E-state index contributed by atoms with van der Waals surface area (Å²) >= 11 is 10.8. The molecule has 0 aliphatic heterocycles. The van der Waals surface area contributed by atoms with Gasteiger partial charge in [-0.15, -0.1) is 0 Å². The van der Waals surface area contributed by atoms with Crippen molar-refractivity contribution in [3.8, 4) is 0 Å². The summed E-state index contributed by atoms with van der Waals surface area (Å²) < 4.78 is 12.4. The van der Waals surface area contributed by atoms with E-state index in [0.717, 1.165) is 0 Å². The summed E-state index contributed by atoms with van der Waals surface area (Å²) in [5, 5.41) is 0.0330. The number of anilines is 1. The van der Waals surface area contributed by atoms with E-state index in [1.807, 2.05) is 0 Å². The molecule has 10 heavy (non-hydrogen) atoms. The van der Waals surface area contributed by atoms with E-state index in [4.69, 9.17) is 28.9 Å². The molecule has 0 aromatic carbocycles. The third kappa shape index (κ3) is 1.30. The SMILES string of the molecule is Nc1nc(F)c(Cl)cc1Cl. The number of aromatic nitrogens is 1. The zero-order valence-electron chi connectivity index (χ0n) is 4.74. The molecule has 54 valence electrons. The molecule has 0 aliphatic rings. The highest BCUT2D eigenvalue weighted by atomic mass is 35.5. The topological polar surface area (TPSA) is 38.9 Å². The lowest BCUT2D eigenvalue weighted by Crippen LogP contribution is -1.94. The number of hydrogen-bond donors (Lipinski definition) is 1. The fourth-order valence-corrected chi connectivity index (χ4v) is 0.816. The maximum Gasteiger partial charge on any atom is 0.233 e. The Bertz CT molecular complexity index is 214. The van der Waals surface area contributed by atoms with Gasteiger partial charge in [-0.2, -0.15) is 9.37 Å². The van der Waals surface area contributed by atoms with Crippen molar-refractivity contribution < 1.29 is 4.39 Å². The van der Waals surface area contributed by atoms with Gasteiger partial charge in [-0.3, -0.25) is 0 Å². The van der Waals surface area contributed by atoms with Crippen LogP contribution in [0.4, 0.5) is 10.2 Å². The van der Waals surface area contributed by atoms with Crippen LogP contribution in [0.3, 0.4) is 0 Å². The van der Waals surface area contributed by atoms with Crippen molar-refractivity contribution in [1.29, 1.82) is 0 Å². The van der Waals surface area contributed by atoms with Crippen molar-refractivity contribution in [2.45, 2.75) is 0 Å². The van der Waals surface area contributed by atoms with Gasteiger partial charge in [0.15, 0.2) is 0 Å². The Labute approximate surface area is 66.8 Å². The summed E-state index contributed by atoms with van der Waals surface area (Å²) in [4.78, 5) is 3.22. The van der Waals surface area contributed by atoms with Gasteiger partial charge >= 0.3 is 0 Å². The van der Waals surface area contributed by atoms with Gasteiger partial charge in [0.1, 0.15) is 5.82 Å². The smallest absolute Gasteiger partial charge is 0.233 e. The molecule has 0 atom stereocenters. The van der Waals surface area contributed by atoms with Gasteiger partial charge in [-0.1, -0.05) is 23.2 Å². The van der Waals surface area contributed by atoms with Crippen LogP contribution in [0.2, 0.25) is 10.0 Å². The molecule has 0 bridgehead atoms. The summed E-state index contributed by atoms with van der Waals surface area (Å²) in [6.45, 7) is 0. The van der Waals surface area contributed by atoms with Crippen LogP contribution in [0.15, 0.2) is 6.07 Å². The lowest BCUT2D eigenvalue weighted by molar-refractivity contribution is 0.586. The maximum absolute atomic E-state index is 12.4.